The summed E-state index contributed by atoms with van der Waals surface area (Å²) in [5, 5.41) is 7.91. The lowest BCUT2D eigenvalue weighted by atomic mass is 10.1. The Morgan fingerprint density at radius 2 is 1.90 bits per heavy atom. The summed E-state index contributed by atoms with van der Waals surface area (Å²) in [7, 11) is 0. The minimum absolute atomic E-state index is 0.121. The van der Waals surface area contributed by atoms with Crippen LogP contribution in [0.5, 0.6) is 0 Å². The molecular formula is C16H18ClN3O. The molecule has 0 fully saturated rings. The van der Waals surface area contributed by atoms with Crippen LogP contribution < -0.4 is 0 Å². The molecule has 2 aromatic rings. The summed E-state index contributed by atoms with van der Waals surface area (Å²) in [6.07, 6.45) is 0.875. The number of hydrogen-bond acceptors (Lipinski definition) is 3. The molecule has 110 valence electrons. The fraction of sp³-hybridized carbons (Fsp3) is 0.312. The highest BCUT2D eigenvalue weighted by Gasteiger charge is 2.22. The van der Waals surface area contributed by atoms with Gasteiger partial charge < -0.3 is 4.90 Å². The highest BCUT2D eigenvalue weighted by molar-refractivity contribution is 6.29. The van der Waals surface area contributed by atoms with Gasteiger partial charge in [-0.25, -0.2) is 0 Å². The van der Waals surface area contributed by atoms with Gasteiger partial charge in [-0.15, -0.1) is 10.2 Å². The number of aromatic nitrogens is 2. The van der Waals surface area contributed by atoms with E-state index in [0.717, 1.165) is 12.0 Å². The summed E-state index contributed by atoms with van der Waals surface area (Å²) in [6, 6.07) is 13.2. The van der Waals surface area contributed by atoms with E-state index >= 15 is 0 Å². The second-order valence-electron chi connectivity index (χ2n) is 4.92. The Morgan fingerprint density at radius 3 is 2.48 bits per heavy atom. The van der Waals surface area contributed by atoms with Crippen molar-refractivity contribution in [1.29, 1.82) is 0 Å². The van der Waals surface area contributed by atoms with Crippen LogP contribution in [0, 0.1) is 0 Å². The molecule has 5 heteroatoms. The summed E-state index contributed by atoms with van der Waals surface area (Å²) < 4.78 is 0. The predicted molar refractivity (Wildman–Crippen MR) is 83.1 cm³/mol. The number of hydrogen-bond donors (Lipinski definition) is 0. The van der Waals surface area contributed by atoms with Crippen molar-refractivity contribution in [2.75, 3.05) is 0 Å². The molecule has 1 aromatic heterocycles. The van der Waals surface area contributed by atoms with Gasteiger partial charge in [0.05, 0.1) is 0 Å². The van der Waals surface area contributed by atoms with E-state index in [9.17, 15) is 4.79 Å². The Bertz CT molecular complexity index is 586. The van der Waals surface area contributed by atoms with Gasteiger partial charge in [0.2, 0.25) is 0 Å². The van der Waals surface area contributed by atoms with Gasteiger partial charge in [-0.2, -0.15) is 0 Å². The molecule has 0 radical (unpaired) electrons. The van der Waals surface area contributed by atoms with Gasteiger partial charge in [0.1, 0.15) is 0 Å². The Morgan fingerprint density at radius 1 is 1.19 bits per heavy atom. The third-order valence-electron chi connectivity index (χ3n) is 3.43. The van der Waals surface area contributed by atoms with Crippen molar-refractivity contribution in [2.45, 2.75) is 32.9 Å². The molecule has 0 saturated heterocycles. The van der Waals surface area contributed by atoms with E-state index in [0.29, 0.717) is 12.2 Å². The number of benzene rings is 1. The van der Waals surface area contributed by atoms with E-state index in [1.54, 1.807) is 12.1 Å². The first-order chi connectivity index (χ1) is 10.1. The summed E-state index contributed by atoms with van der Waals surface area (Å²) in [6.45, 7) is 4.65. The third-order valence-corrected chi connectivity index (χ3v) is 3.63. The van der Waals surface area contributed by atoms with Crippen molar-refractivity contribution in [1.82, 2.24) is 15.1 Å². The van der Waals surface area contributed by atoms with Crippen molar-refractivity contribution >= 4 is 17.5 Å². The first-order valence-electron chi connectivity index (χ1n) is 6.96. The minimum atomic E-state index is -0.127. The fourth-order valence-electron chi connectivity index (χ4n) is 2.01. The van der Waals surface area contributed by atoms with E-state index in [4.69, 9.17) is 11.6 Å². The van der Waals surface area contributed by atoms with Gasteiger partial charge in [-0.1, -0.05) is 48.9 Å². The molecule has 0 aliphatic carbocycles. The lowest BCUT2D eigenvalue weighted by Gasteiger charge is -2.28. The summed E-state index contributed by atoms with van der Waals surface area (Å²) in [5.41, 5.74) is 1.41. The maximum Gasteiger partial charge on any atom is 0.274 e. The van der Waals surface area contributed by atoms with Crippen LogP contribution in [-0.2, 0) is 6.54 Å². The third kappa shape index (κ3) is 4.02. The van der Waals surface area contributed by atoms with Gasteiger partial charge in [0.25, 0.3) is 5.91 Å². The molecule has 0 bridgehead atoms. The van der Waals surface area contributed by atoms with Crippen molar-refractivity contribution < 1.29 is 4.79 Å². The largest absolute Gasteiger partial charge is 0.330 e. The summed E-state index contributed by atoms with van der Waals surface area (Å²) in [4.78, 5) is 14.5. The lowest BCUT2D eigenvalue weighted by molar-refractivity contribution is 0.0664. The van der Waals surface area contributed by atoms with Crippen molar-refractivity contribution in [3.8, 4) is 0 Å². The van der Waals surface area contributed by atoms with Gasteiger partial charge in [0, 0.05) is 12.6 Å². The monoisotopic (exact) mass is 303 g/mol. The normalized spacial score (nSPS) is 12.0. The summed E-state index contributed by atoms with van der Waals surface area (Å²) >= 11 is 5.72. The van der Waals surface area contributed by atoms with Crippen LogP contribution >= 0.6 is 11.6 Å². The zero-order chi connectivity index (χ0) is 15.2. The maximum atomic E-state index is 12.6. The Balaban J connectivity index is 2.23. The molecule has 0 spiro atoms. The van der Waals surface area contributed by atoms with E-state index in [1.165, 1.54) is 0 Å². The van der Waals surface area contributed by atoms with Crippen molar-refractivity contribution in [3.63, 3.8) is 0 Å². The number of carbonyl (C=O) groups excluding carboxylic acids is 1. The number of rotatable bonds is 5. The molecule has 1 heterocycles. The molecule has 4 nitrogen and oxygen atoms in total. The SMILES string of the molecule is CCC(C)N(Cc1ccccc1)C(=O)c1ccc(Cl)nn1. The summed E-state index contributed by atoms with van der Waals surface area (Å²) in [5.74, 6) is -0.127. The second kappa shape index (κ2) is 7.18. The lowest BCUT2D eigenvalue weighted by Crippen LogP contribution is -2.38. The Hall–Kier alpha value is -1.94. The second-order valence-corrected chi connectivity index (χ2v) is 5.30. The number of halogens is 1. The molecule has 0 aliphatic heterocycles. The minimum Gasteiger partial charge on any atom is -0.330 e. The van der Waals surface area contributed by atoms with E-state index in [2.05, 4.69) is 17.1 Å². The molecule has 0 saturated carbocycles. The molecule has 21 heavy (non-hydrogen) atoms. The Kier molecular flexibility index (Phi) is 5.28. The maximum absolute atomic E-state index is 12.6. The van der Waals surface area contributed by atoms with Crippen LogP contribution in [0.2, 0.25) is 5.15 Å². The molecule has 1 unspecified atom stereocenters. The van der Waals surface area contributed by atoms with E-state index < -0.39 is 0 Å². The molecular weight excluding hydrogens is 286 g/mol. The van der Waals surface area contributed by atoms with Crippen LogP contribution in [0.1, 0.15) is 36.3 Å². The standard InChI is InChI=1S/C16H18ClN3O/c1-3-12(2)20(11-13-7-5-4-6-8-13)16(21)14-9-10-15(17)19-18-14/h4-10,12H,3,11H2,1-2H3. The van der Waals surface area contributed by atoms with Crippen LogP contribution in [-0.4, -0.2) is 27.0 Å². The van der Waals surface area contributed by atoms with Crippen LogP contribution in [0.3, 0.4) is 0 Å². The first kappa shape index (κ1) is 15.4. The molecule has 1 aromatic carbocycles. The molecule has 0 aliphatic rings. The smallest absolute Gasteiger partial charge is 0.274 e. The number of nitrogens with zero attached hydrogens (tertiary/aromatic N) is 3. The fourth-order valence-corrected chi connectivity index (χ4v) is 2.11. The van der Waals surface area contributed by atoms with Gasteiger partial charge in [-0.3, -0.25) is 4.79 Å². The highest BCUT2D eigenvalue weighted by atomic mass is 35.5. The predicted octanol–water partition coefficient (Wildman–Crippen LogP) is 3.57. The highest BCUT2D eigenvalue weighted by Crippen LogP contribution is 2.14. The quantitative estimate of drug-likeness (QED) is 0.848. The van der Waals surface area contributed by atoms with Crippen LogP contribution in [0.25, 0.3) is 0 Å². The van der Waals surface area contributed by atoms with Gasteiger partial charge in [-0.05, 0) is 31.0 Å². The van der Waals surface area contributed by atoms with Crippen LogP contribution in [0.4, 0.5) is 0 Å². The van der Waals surface area contributed by atoms with Crippen molar-refractivity contribution in [3.05, 3.63) is 58.9 Å². The number of amides is 1. The van der Waals surface area contributed by atoms with Gasteiger partial charge in [0.15, 0.2) is 10.8 Å². The first-order valence-corrected chi connectivity index (χ1v) is 7.33. The Labute approximate surface area is 129 Å². The van der Waals surface area contributed by atoms with Crippen molar-refractivity contribution in [2.24, 2.45) is 0 Å². The number of carbonyl (C=O) groups is 1. The van der Waals surface area contributed by atoms with E-state index in [1.807, 2.05) is 42.2 Å². The molecule has 0 N–H and O–H groups in total. The molecule has 1 amide bonds. The van der Waals surface area contributed by atoms with Crippen LogP contribution in [0.15, 0.2) is 42.5 Å². The zero-order valence-electron chi connectivity index (χ0n) is 12.2. The average Bonchev–Trinajstić information content (AvgIpc) is 2.53. The zero-order valence-corrected chi connectivity index (χ0v) is 12.9. The molecule has 1 atom stereocenters. The molecule has 2 rings (SSSR count). The van der Waals surface area contributed by atoms with Gasteiger partial charge >= 0.3 is 0 Å². The van der Waals surface area contributed by atoms with E-state index in [-0.39, 0.29) is 17.1 Å². The average molecular weight is 304 g/mol. The topological polar surface area (TPSA) is 46.1 Å².